The van der Waals surface area contributed by atoms with Crippen LogP contribution < -0.4 is 0 Å². The van der Waals surface area contributed by atoms with Gasteiger partial charge in [-0.15, -0.1) is 0 Å². The molecule has 2 heterocycles. The summed E-state index contributed by atoms with van der Waals surface area (Å²) in [5, 5.41) is 0. The van der Waals surface area contributed by atoms with Crippen molar-refractivity contribution in [3.8, 4) is 0 Å². The molecule has 1 amide bonds. The van der Waals surface area contributed by atoms with Gasteiger partial charge in [-0.2, -0.15) is 0 Å². The maximum atomic E-state index is 11.1. The number of methoxy groups -OCH3 is 1. The van der Waals surface area contributed by atoms with Gasteiger partial charge < -0.3 is 14.4 Å². The topological polar surface area (TPSA) is 38.8 Å². The van der Waals surface area contributed by atoms with E-state index in [9.17, 15) is 4.79 Å². The van der Waals surface area contributed by atoms with Crippen molar-refractivity contribution in [2.75, 3.05) is 33.4 Å². The molecular formula is C9H15NO3. The third kappa shape index (κ3) is 1.50. The lowest BCUT2D eigenvalue weighted by Gasteiger charge is -2.51. The average molecular weight is 185 g/mol. The smallest absolute Gasteiger partial charge is 0.409 e. The third-order valence-corrected chi connectivity index (χ3v) is 3.04. The van der Waals surface area contributed by atoms with Crippen LogP contribution >= 0.6 is 0 Å². The van der Waals surface area contributed by atoms with E-state index in [1.54, 1.807) is 4.90 Å². The highest BCUT2D eigenvalue weighted by Crippen LogP contribution is 2.39. The summed E-state index contributed by atoms with van der Waals surface area (Å²) in [6.45, 7) is 3.39. The molecular weight excluding hydrogens is 170 g/mol. The van der Waals surface area contributed by atoms with E-state index in [1.807, 2.05) is 0 Å². The van der Waals surface area contributed by atoms with Crippen LogP contribution in [-0.4, -0.2) is 44.4 Å². The predicted octanol–water partition coefficient (Wildman–Crippen LogP) is 0.865. The number of rotatable bonds is 0. The van der Waals surface area contributed by atoms with Gasteiger partial charge in [-0.25, -0.2) is 4.79 Å². The highest BCUT2D eigenvalue weighted by atomic mass is 16.5. The molecule has 0 unspecified atom stereocenters. The minimum atomic E-state index is -0.197. The molecule has 1 spiro atoms. The van der Waals surface area contributed by atoms with Crippen molar-refractivity contribution in [2.24, 2.45) is 5.41 Å². The standard InChI is InChI=1S/C9H15NO3/c1-12-8(11)10-6-9(7-10)2-4-13-5-3-9/h2-7H2,1H3. The summed E-state index contributed by atoms with van der Waals surface area (Å²) in [5.41, 5.74) is 0.354. The molecule has 0 aromatic carbocycles. The zero-order valence-corrected chi connectivity index (χ0v) is 7.91. The maximum absolute atomic E-state index is 11.1. The molecule has 0 radical (unpaired) electrons. The molecule has 4 nitrogen and oxygen atoms in total. The molecule has 2 saturated heterocycles. The molecule has 0 aromatic rings. The van der Waals surface area contributed by atoms with Crippen LogP contribution in [0.15, 0.2) is 0 Å². The van der Waals surface area contributed by atoms with Crippen molar-refractivity contribution in [1.29, 1.82) is 0 Å². The fraction of sp³-hybridized carbons (Fsp3) is 0.889. The number of carbonyl (C=O) groups is 1. The number of likely N-dealkylation sites (tertiary alicyclic amines) is 1. The number of carbonyl (C=O) groups excluding carboxylic acids is 1. The fourth-order valence-corrected chi connectivity index (χ4v) is 2.14. The first kappa shape index (κ1) is 8.81. The summed E-state index contributed by atoms with van der Waals surface area (Å²) in [4.78, 5) is 12.8. The van der Waals surface area contributed by atoms with Crippen molar-refractivity contribution < 1.29 is 14.3 Å². The Morgan fingerprint density at radius 3 is 2.54 bits per heavy atom. The normalized spacial score (nSPS) is 25.5. The first-order chi connectivity index (χ1) is 6.26. The van der Waals surface area contributed by atoms with Crippen molar-refractivity contribution in [3.63, 3.8) is 0 Å². The van der Waals surface area contributed by atoms with E-state index in [2.05, 4.69) is 4.74 Å². The molecule has 13 heavy (non-hydrogen) atoms. The van der Waals surface area contributed by atoms with Gasteiger partial charge in [0.05, 0.1) is 7.11 Å². The van der Waals surface area contributed by atoms with E-state index in [1.165, 1.54) is 7.11 Å². The Morgan fingerprint density at radius 1 is 1.38 bits per heavy atom. The number of hydrogen-bond donors (Lipinski definition) is 0. The Balaban J connectivity index is 1.85. The summed E-state index contributed by atoms with van der Waals surface area (Å²) in [5.74, 6) is 0. The molecule has 0 saturated carbocycles. The first-order valence-corrected chi connectivity index (χ1v) is 4.66. The summed E-state index contributed by atoms with van der Waals surface area (Å²) >= 11 is 0. The first-order valence-electron chi connectivity index (χ1n) is 4.66. The van der Waals surface area contributed by atoms with E-state index >= 15 is 0 Å². The van der Waals surface area contributed by atoms with Gasteiger partial charge in [-0.3, -0.25) is 0 Å². The number of ether oxygens (including phenoxy) is 2. The summed E-state index contributed by atoms with van der Waals surface area (Å²) < 4.78 is 9.93. The zero-order chi connectivity index (χ0) is 9.31. The molecule has 2 aliphatic rings. The quantitative estimate of drug-likeness (QED) is 0.562. The van der Waals surface area contributed by atoms with E-state index in [4.69, 9.17) is 4.74 Å². The third-order valence-electron chi connectivity index (χ3n) is 3.04. The number of amides is 1. The van der Waals surface area contributed by atoms with Crippen LogP contribution in [0.3, 0.4) is 0 Å². The van der Waals surface area contributed by atoms with Crippen molar-refractivity contribution in [1.82, 2.24) is 4.90 Å². The van der Waals surface area contributed by atoms with Gasteiger partial charge in [0.2, 0.25) is 0 Å². The average Bonchev–Trinajstić information content (AvgIpc) is 2.14. The highest BCUT2D eigenvalue weighted by Gasteiger charge is 2.46. The van der Waals surface area contributed by atoms with E-state index < -0.39 is 0 Å². The van der Waals surface area contributed by atoms with E-state index in [0.29, 0.717) is 5.41 Å². The Kier molecular flexibility index (Phi) is 2.15. The Hall–Kier alpha value is -0.770. The van der Waals surface area contributed by atoms with Gasteiger partial charge in [-0.1, -0.05) is 0 Å². The van der Waals surface area contributed by atoms with Crippen LogP contribution in [0, 0.1) is 5.41 Å². The summed E-state index contributed by atoms with van der Waals surface area (Å²) in [6.07, 6.45) is 1.97. The Labute approximate surface area is 77.8 Å². The lowest BCUT2D eigenvalue weighted by atomic mass is 9.74. The van der Waals surface area contributed by atoms with Gasteiger partial charge in [0.25, 0.3) is 0 Å². The monoisotopic (exact) mass is 185 g/mol. The number of nitrogens with zero attached hydrogens (tertiary/aromatic N) is 1. The molecule has 2 fully saturated rings. The molecule has 74 valence electrons. The van der Waals surface area contributed by atoms with Gasteiger partial charge in [0.15, 0.2) is 0 Å². The SMILES string of the molecule is COC(=O)N1CC2(CCOCC2)C1. The van der Waals surface area contributed by atoms with Crippen molar-refractivity contribution in [3.05, 3.63) is 0 Å². The van der Waals surface area contributed by atoms with Crippen LogP contribution in [0.4, 0.5) is 4.79 Å². The van der Waals surface area contributed by atoms with E-state index in [0.717, 1.165) is 39.1 Å². The lowest BCUT2D eigenvalue weighted by Crippen LogP contribution is -2.60. The van der Waals surface area contributed by atoms with Crippen LogP contribution in [0.25, 0.3) is 0 Å². The van der Waals surface area contributed by atoms with Crippen LogP contribution in [0.5, 0.6) is 0 Å². The Bertz CT molecular complexity index is 203. The molecule has 0 bridgehead atoms. The summed E-state index contributed by atoms with van der Waals surface area (Å²) in [7, 11) is 1.43. The second-order valence-corrected chi connectivity index (χ2v) is 3.94. The molecule has 2 rings (SSSR count). The zero-order valence-electron chi connectivity index (χ0n) is 7.91. The molecule has 4 heteroatoms. The summed E-state index contributed by atoms with van der Waals surface area (Å²) in [6, 6.07) is 0. The molecule has 0 N–H and O–H groups in total. The molecule has 0 aliphatic carbocycles. The molecule has 0 atom stereocenters. The fourth-order valence-electron chi connectivity index (χ4n) is 2.14. The van der Waals surface area contributed by atoms with Crippen molar-refractivity contribution in [2.45, 2.75) is 12.8 Å². The van der Waals surface area contributed by atoms with Gasteiger partial charge >= 0.3 is 6.09 Å². The Morgan fingerprint density at radius 2 is 2.00 bits per heavy atom. The van der Waals surface area contributed by atoms with Gasteiger partial charge in [-0.05, 0) is 12.8 Å². The second-order valence-electron chi connectivity index (χ2n) is 3.94. The largest absolute Gasteiger partial charge is 0.453 e. The predicted molar refractivity (Wildman–Crippen MR) is 46.5 cm³/mol. The van der Waals surface area contributed by atoms with Gasteiger partial charge in [0.1, 0.15) is 0 Å². The molecule has 0 aromatic heterocycles. The van der Waals surface area contributed by atoms with Crippen LogP contribution in [0.2, 0.25) is 0 Å². The minimum Gasteiger partial charge on any atom is -0.453 e. The van der Waals surface area contributed by atoms with Crippen molar-refractivity contribution >= 4 is 6.09 Å². The van der Waals surface area contributed by atoms with E-state index in [-0.39, 0.29) is 6.09 Å². The van der Waals surface area contributed by atoms with Crippen LogP contribution in [-0.2, 0) is 9.47 Å². The lowest BCUT2D eigenvalue weighted by molar-refractivity contribution is -0.0713. The minimum absolute atomic E-state index is 0.197. The maximum Gasteiger partial charge on any atom is 0.409 e. The van der Waals surface area contributed by atoms with Crippen LogP contribution in [0.1, 0.15) is 12.8 Å². The number of hydrogen-bond acceptors (Lipinski definition) is 3. The molecule has 2 aliphatic heterocycles. The highest BCUT2D eigenvalue weighted by molar-refractivity contribution is 5.68. The second kappa shape index (κ2) is 3.18. The van der Waals surface area contributed by atoms with Gasteiger partial charge in [0, 0.05) is 31.7 Å².